The normalized spacial score (nSPS) is 22.6. The third-order valence-corrected chi connectivity index (χ3v) is 13.2. The average Bonchev–Trinajstić information content (AvgIpc) is 2.46. The Morgan fingerprint density at radius 1 is 0.783 bits per heavy atom. The molecular weight excluding hydrogens is 354 g/mol. The highest BCUT2D eigenvalue weighted by Gasteiger charge is 2.38. The summed E-state index contributed by atoms with van der Waals surface area (Å²) in [5.41, 5.74) is 0. The van der Waals surface area contributed by atoms with Gasteiger partial charge in [-0.1, -0.05) is 53.4 Å². The van der Waals surface area contributed by atoms with Crippen molar-refractivity contribution in [3.63, 3.8) is 0 Å². The van der Waals surface area contributed by atoms with Gasteiger partial charge in [-0.15, -0.1) is 24.8 Å². The van der Waals surface area contributed by atoms with Crippen LogP contribution in [-0.4, -0.2) is 35.5 Å². The molecule has 0 radical (unpaired) electrons. The molecule has 0 heterocycles. The molecule has 0 amide bonds. The zero-order valence-corrected chi connectivity index (χ0v) is 18.5. The van der Waals surface area contributed by atoms with Crippen LogP contribution < -0.4 is 0 Å². The van der Waals surface area contributed by atoms with Gasteiger partial charge in [-0.3, -0.25) is 0 Å². The first-order valence-corrected chi connectivity index (χ1v) is 14.9. The summed E-state index contributed by atoms with van der Waals surface area (Å²) in [7, 11) is -7.82. The van der Waals surface area contributed by atoms with Gasteiger partial charge < -0.3 is 0 Å². The van der Waals surface area contributed by atoms with Crippen LogP contribution in [0.15, 0.2) is 0 Å². The van der Waals surface area contributed by atoms with Gasteiger partial charge in [-0.25, -0.2) is 12.5 Å². The molecule has 0 saturated heterocycles. The Labute approximate surface area is 147 Å². The quantitative estimate of drug-likeness (QED) is 0.231. The van der Waals surface area contributed by atoms with Crippen molar-refractivity contribution >= 4 is 28.5 Å². The summed E-state index contributed by atoms with van der Waals surface area (Å²) >= 11 is 0. The third-order valence-electron chi connectivity index (χ3n) is 4.12. The van der Waals surface area contributed by atoms with E-state index in [0.29, 0.717) is 11.5 Å². The number of unbranched alkanes of at least 4 members (excludes halogenated alkanes) is 4. The largest absolute Gasteiger partial charge is 0.532 e. The van der Waals surface area contributed by atoms with Gasteiger partial charge in [0, 0.05) is 0 Å². The van der Waals surface area contributed by atoms with Crippen LogP contribution in [-0.2, 0) is 12.5 Å². The second kappa shape index (κ2) is 11.4. The second-order valence-corrected chi connectivity index (χ2v) is 15.1. The first-order chi connectivity index (χ1) is 10.7. The van der Waals surface area contributed by atoms with E-state index in [0.717, 1.165) is 50.0 Å². The Balaban J connectivity index is 4.76. The van der Waals surface area contributed by atoms with Crippen LogP contribution >= 0.6 is 28.5 Å². The van der Waals surface area contributed by atoms with Gasteiger partial charge in [-0.2, -0.15) is 0 Å². The Morgan fingerprint density at radius 3 is 1.39 bits per heavy atom. The number of rotatable bonds is 14. The molecule has 7 heteroatoms. The summed E-state index contributed by atoms with van der Waals surface area (Å²) in [6, 6.07) is 0. The van der Waals surface area contributed by atoms with Crippen molar-refractivity contribution in [2.24, 2.45) is 0 Å². The Morgan fingerprint density at radius 2 is 1.13 bits per heavy atom. The van der Waals surface area contributed by atoms with Gasteiger partial charge in [0.2, 0.25) is 0 Å². The van der Waals surface area contributed by atoms with Crippen molar-refractivity contribution in [2.45, 2.75) is 66.2 Å². The molecule has 0 aromatic heterocycles. The minimum Gasteiger partial charge on any atom is -0.234 e. The summed E-state index contributed by atoms with van der Waals surface area (Å²) in [5, 5.41) is 0. The molecule has 3 nitrogen and oxygen atoms in total. The molecular formula is C16H38FO3PS2. The molecule has 0 rings (SSSR count). The predicted molar refractivity (Wildman–Crippen MR) is 108 cm³/mol. The van der Waals surface area contributed by atoms with Crippen LogP contribution in [0.5, 0.6) is 0 Å². The molecule has 144 valence electrons. The average molecular weight is 393 g/mol. The van der Waals surface area contributed by atoms with Crippen LogP contribution in [0.1, 0.15) is 66.2 Å². The third kappa shape index (κ3) is 10.4. The van der Waals surface area contributed by atoms with E-state index in [-0.39, 0.29) is 0 Å². The second-order valence-electron chi connectivity index (χ2n) is 6.35. The molecule has 0 fully saturated rings. The summed E-state index contributed by atoms with van der Waals surface area (Å²) in [6.07, 6.45) is 10.2. The van der Waals surface area contributed by atoms with Crippen LogP contribution in [0, 0.1) is 0 Å². The molecule has 0 bridgehead atoms. The van der Waals surface area contributed by atoms with E-state index in [9.17, 15) is 8.76 Å². The zero-order valence-electron chi connectivity index (χ0n) is 15.9. The maximum atomic E-state index is 14.6. The summed E-state index contributed by atoms with van der Waals surface area (Å²) in [4.78, 5) is 0. The van der Waals surface area contributed by atoms with Gasteiger partial charge in [-0.05, 0) is 48.4 Å². The molecule has 2 unspecified atom stereocenters. The number of hydrogen-bond donors (Lipinski definition) is 0. The van der Waals surface area contributed by atoms with Crippen LogP contribution in [0.2, 0.25) is 0 Å². The van der Waals surface area contributed by atoms with Crippen LogP contribution in [0.4, 0.5) is 4.20 Å². The summed E-state index contributed by atoms with van der Waals surface area (Å²) < 4.78 is 38.0. The monoisotopic (exact) mass is 392 g/mol. The van der Waals surface area contributed by atoms with E-state index in [1.807, 2.05) is 26.4 Å². The van der Waals surface area contributed by atoms with Crippen molar-refractivity contribution < 1.29 is 16.7 Å². The fourth-order valence-corrected chi connectivity index (χ4v) is 9.63. The topological polar surface area (TPSA) is 35.5 Å². The molecule has 0 aliphatic rings. The minimum atomic E-state index is -4.49. The maximum absolute atomic E-state index is 14.6. The lowest BCUT2D eigenvalue weighted by atomic mass is 10.3. The van der Waals surface area contributed by atoms with Gasteiger partial charge in [0.05, 0.1) is 0 Å². The first-order valence-electron chi connectivity index (χ1n) is 8.85. The van der Waals surface area contributed by atoms with Gasteiger partial charge in [0.25, 0.3) is 0 Å². The molecule has 23 heavy (non-hydrogen) atoms. The Hall–Kier alpha value is 0.780. The first kappa shape index (κ1) is 23.8. The summed E-state index contributed by atoms with van der Waals surface area (Å²) in [6.45, 7) is 8.23. The van der Waals surface area contributed by atoms with Crippen molar-refractivity contribution in [1.29, 1.82) is 0 Å². The fourth-order valence-electron chi connectivity index (χ4n) is 2.23. The highest BCUT2D eigenvalue weighted by Crippen LogP contribution is 2.71. The highest BCUT2D eigenvalue weighted by atomic mass is 32.3. The lowest BCUT2D eigenvalue weighted by molar-refractivity contribution is 0.367. The van der Waals surface area contributed by atoms with Gasteiger partial charge in [0.15, 0.2) is 0 Å². The van der Waals surface area contributed by atoms with Crippen molar-refractivity contribution in [1.82, 2.24) is 0 Å². The fraction of sp³-hybridized carbons (Fsp3) is 1.00. The van der Waals surface area contributed by atoms with E-state index in [1.165, 1.54) is 0 Å². The smallest absolute Gasteiger partial charge is 0.234 e. The van der Waals surface area contributed by atoms with Crippen molar-refractivity contribution in [2.75, 3.05) is 35.5 Å². The molecule has 0 aliphatic carbocycles. The lowest BCUT2D eigenvalue weighted by Gasteiger charge is -2.39. The van der Waals surface area contributed by atoms with E-state index in [1.54, 1.807) is 0 Å². The molecule has 0 aromatic rings. The Kier molecular flexibility index (Phi) is 11.8. The predicted octanol–water partition coefficient (Wildman–Crippen LogP) is 7.22. The van der Waals surface area contributed by atoms with Gasteiger partial charge in [0.1, 0.15) is 0 Å². The van der Waals surface area contributed by atoms with Crippen molar-refractivity contribution in [3.8, 4) is 0 Å². The van der Waals surface area contributed by atoms with Crippen LogP contribution in [0.3, 0.4) is 0 Å². The molecule has 0 N–H and O–H groups in total. The highest BCUT2D eigenvalue weighted by molar-refractivity contribution is 8.33. The van der Waals surface area contributed by atoms with E-state index >= 15 is 0 Å². The molecule has 0 aromatic carbocycles. The Bertz CT molecular complexity index is 343. The SMILES string of the molecule is CCCCCS(C)(CC)OP(=O)(F)OS(C)(CC)CCCCC. The van der Waals surface area contributed by atoms with E-state index in [2.05, 4.69) is 13.8 Å². The molecule has 2 atom stereocenters. The number of hydrogen-bond acceptors (Lipinski definition) is 3. The standard InChI is InChI=1S/C16H38FO3PS2/c1-7-11-13-15-22(5,9-3)19-21(17,18)20-23(6,10-4)16-14-12-8-2/h7-16H2,1-6H3. The minimum absolute atomic E-state index is 0.710. The molecule has 0 aliphatic heterocycles. The van der Waals surface area contributed by atoms with E-state index < -0.39 is 28.5 Å². The van der Waals surface area contributed by atoms with Crippen molar-refractivity contribution in [3.05, 3.63) is 0 Å². The van der Waals surface area contributed by atoms with Gasteiger partial charge >= 0.3 is 7.91 Å². The molecule has 0 saturated carbocycles. The van der Waals surface area contributed by atoms with Crippen LogP contribution in [0.25, 0.3) is 0 Å². The zero-order chi connectivity index (χ0) is 18.0. The lowest BCUT2D eigenvalue weighted by Crippen LogP contribution is -2.12. The molecule has 0 spiro atoms. The number of halogens is 1. The maximum Gasteiger partial charge on any atom is 0.532 e. The summed E-state index contributed by atoms with van der Waals surface area (Å²) in [5.74, 6) is 3.01. The van der Waals surface area contributed by atoms with E-state index in [4.69, 9.17) is 7.94 Å².